The van der Waals surface area contributed by atoms with Crippen LogP contribution in [0.5, 0.6) is 0 Å². The van der Waals surface area contributed by atoms with Gasteiger partial charge in [-0.2, -0.15) is 0 Å². The Hall–Kier alpha value is -0.370. The highest BCUT2D eigenvalue weighted by molar-refractivity contribution is 5.65. The van der Waals surface area contributed by atoms with Gasteiger partial charge in [-0.1, -0.05) is 19.3 Å². The summed E-state index contributed by atoms with van der Waals surface area (Å²) in [6, 6.07) is 0.526. The van der Waals surface area contributed by atoms with Crippen molar-refractivity contribution in [1.29, 1.82) is 0 Å². The second-order valence-electron chi connectivity index (χ2n) is 6.50. The number of piperidine rings is 1. The van der Waals surface area contributed by atoms with Crippen molar-refractivity contribution < 1.29 is 0 Å². The molecular formula is C14H26N2. The topological polar surface area (TPSA) is 24.4 Å². The Morgan fingerprint density at radius 2 is 1.81 bits per heavy atom. The fraction of sp³-hybridized carbons (Fsp3) is 0.929. The van der Waals surface area contributed by atoms with E-state index in [1.54, 1.807) is 0 Å². The molecule has 92 valence electrons. The number of hydrogen-bond donors (Lipinski definition) is 1. The number of aliphatic imine (C=N–C) groups is 1. The Morgan fingerprint density at radius 1 is 1.12 bits per heavy atom. The van der Waals surface area contributed by atoms with Crippen molar-refractivity contribution in [1.82, 2.24) is 5.32 Å². The van der Waals surface area contributed by atoms with Crippen LogP contribution < -0.4 is 5.32 Å². The van der Waals surface area contributed by atoms with E-state index in [0.717, 1.165) is 11.8 Å². The number of nitrogens with zero attached hydrogens (tertiary/aromatic N) is 1. The summed E-state index contributed by atoms with van der Waals surface area (Å²) in [5.74, 6) is 1.92. The van der Waals surface area contributed by atoms with Crippen LogP contribution in [0.1, 0.15) is 52.9 Å². The van der Waals surface area contributed by atoms with E-state index in [-0.39, 0.29) is 5.54 Å². The lowest BCUT2D eigenvalue weighted by atomic mass is 9.74. The molecule has 2 aliphatic rings. The smallest absolute Gasteiger partial charge is 0.0520 e. The molecule has 1 aliphatic carbocycles. The Labute approximate surface area is 99.9 Å². The largest absolute Gasteiger partial charge is 0.309 e. The Bertz CT molecular complexity index is 252. The Balaban J connectivity index is 1.88. The summed E-state index contributed by atoms with van der Waals surface area (Å²) in [5, 5.41) is 3.64. The summed E-state index contributed by atoms with van der Waals surface area (Å²) in [6.45, 7) is 7.70. The zero-order valence-electron chi connectivity index (χ0n) is 11.0. The summed E-state index contributed by atoms with van der Waals surface area (Å²) in [5.41, 5.74) is 0.0745. The molecule has 1 heterocycles. The molecule has 3 atom stereocenters. The first-order chi connectivity index (χ1) is 7.54. The summed E-state index contributed by atoms with van der Waals surface area (Å²) < 4.78 is 0. The maximum Gasteiger partial charge on any atom is 0.0520 e. The molecule has 0 bridgehead atoms. The standard InChI is InChI=1S/C14H26N2/c1-14(2,3)16-10-13-8-11-6-4-5-7-12(11)9-15-13/h10-13,15H,4-9H2,1-3H3. The summed E-state index contributed by atoms with van der Waals surface area (Å²) in [6.07, 6.45) is 9.26. The molecule has 0 radical (unpaired) electrons. The van der Waals surface area contributed by atoms with Crippen molar-refractivity contribution in [3.05, 3.63) is 0 Å². The SMILES string of the molecule is CC(C)(C)N=CC1CC2CCCCC2CN1. The predicted octanol–water partition coefficient (Wildman–Crippen LogP) is 3.02. The first-order valence-corrected chi connectivity index (χ1v) is 6.83. The van der Waals surface area contributed by atoms with E-state index < -0.39 is 0 Å². The second kappa shape index (κ2) is 4.87. The van der Waals surface area contributed by atoms with Crippen LogP contribution in [0.15, 0.2) is 4.99 Å². The van der Waals surface area contributed by atoms with Crippen LogP contribution in [0.4, 0.5) is 0 Å². The monoisotopic (exact) mass is 222 g/mol. The molecule has 0 amide bonds. The third-order valence-corrected chi connectivity index (χ3v) is 3.91. The average molecular weight is 222 g/mol. The highest BCUT2D eigenvalue weighted by atomic mass is 15.0. The zero-order valence-corrected chi connectivity index (χ0v) is 11.0. The fourth-order valence-electron chi connectivity index (χ4n) is 3.00. The minimum atomic E-state index is 0.0745. The molecule has 0 spiro atoms. The third-order valence-electron chi connectivity index (χ3n) is 3.91. The molecule has 3 unspecified atom stereocenters. The van der Waals surface area contributed by atoms with E-state index >= 15 is 0 Å². The molecule has 0 aromatic heterocycles. The lowest BCUT2D eigenvalue weighted by Gasteiger charge is -2.39. The minimum absolute atomic E-state index is 0.0745. The van der Waals surface area contributed by atoms with Crippen molar-refractivity contribution in [2.45, 2.75) is 64.5 Å². The van der Waals surface area contributed by atoms with E-state index in [2.05, 4.69) is 37.3 Å². The van der Waals surface area contributed by atoms with Crippen molar-refractivity contribution in [2.75, 3.05) is 6.54 Å². The van der Waals surface area contributed by atoms with Gasteiger partial charge in [-0.15, -0.1) is 0 Å². The van der Waals surface area contributed by atoms with Crippen LogP contribution in [0.25, 0.3) is 0 Å². The van der Waals surface area contributed by atoms with Crippen molar-refractivity contribution in [2.24, 2.45) is 16.8 Å². The van der Waals surface area contributed by atoms with Crippen LogP contribution in [0, 0.1) is 11.8 Å². The van der Waals surface area contributed by atoms with Crippen LogP contribution in [-0.4, -0.2) is 24.3 Å². The number of fused-ring (bicyclic) bond motifs is 1. The van der Waals surface area contributed by atoms with Crippen molar-refractivity contribution in [3.8, 4) is 0 Å². The summed E-state index contributed by atoms with van der Waals surface area (Å²) >= 11 is 0. The normalized spacial score (nSPS) is 36.3. The molecule has 1 saturated heterocycles. The molecule has 16 heavy (non-hydrogen) atoms. The number of hydrogen-bond acceptors (Lipinski definition) is 2. The van der Waals surface area contributed by atoms with Gasteiger partial charge >= 0.3 is 0 Å². The molecule has 1 aliphatic heterocycles. The molecule has 0 aromatic rings. The first-order valence-electron chi connectivity index (χ1n) is 6.83. The second-order valence-corrected chi connectivity index (χ2v) is 6.50. The van der Waals surface area contributed by atoms with Gasteiger partial charge in [0.25, 0.3) is 0 Å². The molecule has 2 rings (SSSR count). The molecule has 1 N–H and O–H groups in total. The quantitative estimate of drug-likeness (QED) is 0.678. The van der Waals surface area contributed by atoms with Crippen LogP contribution >= 0.6 is 0 Å². The fourth-order valence-corrected chi connectivity index (χ4v) is 3.00. The molecule has 2 fully saturated rings. The van der Waals surface area contributed by atoms with Crippen molar-refractivity contribution in [3.63, 3.8) is 0 Å². The van der Waals surface area contributed by atoms with Gasteiger partial charge in [0.15, 0.2) is 0 Å². The lowest BCUT2D eigenvalue weighted by molar-refractivity contribution is 0.173. The third kappa shape index (κ3) is 3.31. The lowest BCUT2D eigenvalue weighted by Crippen LogP contribution is -2.46. The van der Waals surface area contributed by atoms with Gasteiger partial charge in [-0.05, 0) is 52.0 Å². The van der Waals surface area contributed by atoms with Gasteiger partial charge in [0.05, 0.1) is 5.54 Å². The van der Waals surface area contributed by atoms with E-state index in [0.29, 0.717) is 6.04 Å². The minimum Gasteiger partial charge on any atom is -0.309 e. The Kier molecular flexibility index (Phi) is 3.68. The van der Waals surface area contributed by atoms with Gasteiger partial charge in [0.1, 0.15) is 0 Å². The maximum absolute atomic E-state index is 4.63. The van der Waals surface area contributed by atoms with E-state index in [9.17, 15) is 0 Å². The highest BCUT2D eigenvalue weighted by Crippen LogP contribution is 2.35. The van der Waals surface area contributed by atoms with E-state index in [4.69, 9.17) is 0 Å². The van der Waals surface area contributed by atoms with E-state index in [1.165, 1.54) is 38.6 Å². The van der Waals surface area contributed by atoms with Crippen LogP contribution in [-0.2, 0) is 0 Å². The van der Waals surface area contributed by atoms with Gasteiger partial charge in [0.2, 0.25) is 0 Å². The summed E-state index contributed by atoms with van der Waals surface area (Å²) in [7, 11) is 0. The van der Waals surface area contributed by atoms with Gasteiger partial charge in [-0.3, -0.25) is 4.99 Å². The molecule has 2 nitrogen and oxygen atoms in total. The van der Waals surface area contributed by atoms with Crippen LogP contribution in [0.2, 0.25) is 0 Å². The van der Waals surface area contributed by atoms with Crippen molar-refractivity contribution >= 4 is 6.21 Å². The summed E-state index contributed by atoms with van der Waals surface area (Å²) in [4.78, 5) is 4.63. The highest BCUT2D eigenvalue weighted by Gasteiger charge is 2.31. The van der Waals surface area contributed by atoms with Crippen LogP contribution in [0.3, 0.4) is 0 Å². The number of nitrogens with one attached hydrogen (secondary N) is 1. The van der Waals surface area contributed by atoms with E-state index in [1.807, 2.05) is 0 Å². The van der Waals surface area contributed by atoms with Gasteiger partial charge in [-0.25, -0.2) is 0 Å². The molecule has 2 heteroatoms. The average Bonchev–Trinajstić information content (AvgIpc) is 2.25. The molecule has 0 aromatic carbocycles. The van der Waals surface area contributed by atoms with Gasteiger partial charge in [0, 0.05) is 12.3 Å². The zero-order chi connectivity index (χ0) is 11.6. The molecule has 1 saturated carbocycles. The number of rotatable bonds is 1. The predicted molar refractivity (Wildman–Crippen MR) is 70.1 cm³/mol. The molecular weight excluding hydrogens is 196 g/mol. The Morgan fingerprint density at radius 3 is 2.50 bits per heavy atom. The maximum atomic E-state index is 4.63. The first kappa shape index (κ1) is 12.1. The van der Waals surface area contributed by atoms with Gasteiger partial charge < -0.3 is 5.32 Å².